The Morgan fingerprint density at radius 1 is 1.15 bits per heavy atom. The van der Waals surface area contributed by atoms with Crippen LogP contribution in [0.1, 0.15) is 21.5 Å². The third-order valence-corrected chi connectivity index (χ3v) is 8.61. The average molecular weight is 564 g/mol. The zero-order valence-electron chi connectivity index (χ0n) is 22.6. The molecule has 0 saturated carbocycles. The van der Waals surface area contributed by atoms with Crippen molar-refractivity contribution >= 4 is 35.5 Å². The molecule has 0 bridgehead atoms. The SMILES string of the molecule is Cc1cccc(C(=O)NC2C[N+]3=C(N)N[C@@H](CN4C(=O)CN(c5ccccc5)C4=O)[C@@H]4[NH+]=C(N)N[C@@]43C2(O)O)c1C. The van der Waals surface area contributed by atoms with Gasteiger partial charge in [-0.2, -0.15) is 0 Å². The van der Waals surface area contributed by atoms with Crippen molar-refractivity contribution in [1.29, 1.82) is 0 Å². The lowest BCUT2D eigenvalue weighted by Crippen LogP contribution is -2.92. The van der Waals surface area contributed by atoms with E-state index in [1.54, 1.807) is 36.4 Å². The number of imide groups is 1. The number of guanidine groups is 2. The molecule has 6 rings (SSSR count). The maximum atomic E-state index is 13.3. The normalized spacial score (nSPS) is 28.2. The molecule has 10 N–H and O–H groups in total. The van der Waals surface area contributed by atoms with E-state index in [1.165, 1.54) is 9.48 Å². The first-order valence-corrected chi connectivity index (χ1v) is 13.3. The lowest BCUT2D eigenvalue weighted by molar-refractivity contribution is -0.674. The molecule has 4 amide bonds. The number of para-hydroxylation sites is 1. The first-order chi connectivity index (χ1) is 19.5. The molecule has 4 aliphatic rings. The van der Waals surface area contributed by atoms with Gasteiger partial charge in [-0.05, 0) is 43.2 Å². The number of hydrogen-bond donors (Lipinski definition) is 8. The van der Waals surface area contributed by atoms with Crippen molar-refractivity contribution in [3.8, 4) is 0 Å². The fraction of sp³-hybridized carbons (Fsp3) is 0.370. The van der Waals surface area contributed by atoms with Crippen molar-refractivity contribution in [3.05, 3.63) is 65.2 Å². The van der Waals surface area contributed by atoms with Crippen LogP contribution in [-0.2, 0) is 4.79 Å². The van der Waals surface area contributed by atoms with E-state index in [9.17, 15) is 24.6 Å². The number of hydrogen-bond acceptors (Lipinski definition) is 9. The molecule has 41 heavy (non-hydrogen) atoms. The van der Waals surface area contributed by atoms with Crippen LogP contribution in [0.5, 0.6) is 0 Å². The van der Waals surface area contributed by atoms with Crippen molar-refractivity contribution in [1.82, 2.24) is 20.9 Å². The Bertz CT molecular complexity index is 1520. The first-order valence-electron chi connectivity index (χ1n) is 13.3. The summed E-state index contributed by atoms with van der Waals surface area (Å²) in [4.78, 5) is 45.0. The minimum Gasteiger partial charge on any atom is -0.358 e. The van der Waals surface area contributed by atoms with E-state index in [4.69, 9.17) is 11.5 Å². The van der Waals surface area contributed by atoms with Crippen LogP contribution >= 0.6 is 0 Å². The van der Waals surface area contributed by atoms with Gasteiger partial charge >= 0.3 is 18.0 Å². The van der Waals surface area contributed by atoms with Crippen molar-refractivity contribution in [2.75, 3.05) is 24.5 Å². The van der Waals surface area contributed by atoms with Crippen LogP contribution in [0, 0.1) is 13.8 Å². The predicted octanol–water partition coefficient (Wildman–Crippen LogP) is -4.07. The molecule has 2 aromatic rings. The van der Waals surface area contributed by atoms with E-state index in [0.717, 1.165) is 16.0 Å². The van der Waals surface area contributed by atoms with Gasteiger partial charge in [-0.15, -0.1) is 0 Å². The van der Waals surface area contributed by atoms with Crippen molar-refractivity contribution in [2.45, 2.75) is 43.4 Å². The first kappa shape index (κ1) is 26.5. The third kappa shape index (κ3) is 3.82. The number of amides is 4. The molecule has 2 saturated heterocycles. The second-order valence-electron chi connectivity index (χ2n) is 10.9. The molecular formula is C27H33N9O5+2. The maximum absolute atomic E-state index is 13.3. The summed E-state index contributed by atoms with van der Waals surface area (Å²) in [6.07, 6.45) is 0. The summed E-state index contributed by atoms with van der Waals surface area (Å²) in [7, 11) is 0. The van der Waals surface area contributed by atoms with Crippen molar-refractivity contribution in [2.24, 2.45) is 11.5 Å². The molecule has 1 spiro atoms. The van der Waals surface area contributed by atoms with Gasteiger partial charge in [0.1, 0.15) is 18.6 Å². The number of carbonyl (C=O) groups is 3. The topological polar surface area (TPSA) is 203 Å². The summed E-state index contributed by atoms with van der Waals surface area (Å²) in [6, 6.07) is 10.8. The smallest absolute Gasteiger partial charge is 0.347 e. The van der Waals surface area contributed by atoms with Gasteiger partial charge in [-0.25, -0.2) is 14.7 Å². The lowest BCUT2D eigenvalue weighted by atomic mass is 9.85. The van der Waals surface area contributed by atoms with Gasteiger partial charge in [0.25, 0.3) is 23.3 Å². The molecule has 4 atom stereocenters. The highest BCUT2D eigenvalue weighted by molar-refractivity contribution is 6.12. The van der Waals surface area contributed by atoms with Crippen LogP contribution in [0.4, 0.5) is 10.5 Å². The van der Waals surface area contributed by atoms with E-state index < -0.39 is 47.4 Å². The van der Waals surface area contributed by atoms with Crippen LogP contribution in [0.2, 0.25) is 0 Å². The highest BCUT2D eigenvalue weighted by Gasteiger charge is 2.78. The van der Waals surface area contributed by atoms with Gasteiger partial charge in [0.2, 0.25) is 0 Å². The molecule has 4 heterocycles. The van der Waals surface area contributed by atoms with Crippen LogP contribution in [0.3, 0.4) is 0 Å². The van der Waals surface area contributed by atoms with Gasteiger partial charge < -0.3 is 15.5 Å². The highest BCUT2D eigenvalue weighted by Crippen LogP contribution is 2.38. The quantitative estimate of drug-likeness (QED) is 0.101. The lowest BCUT2D eigenvalue weighted by Gasteiger charge is -2.41. The summed E-state index contributed by atoms with van der Waals surface area (Å²) < 4.78 is 1.50. The van der Waals surface area contributed by atoms with E-state index >= 15 is 0 Å². The molecule has 14 heteroatoms. The van der Waals surface area contributed by atoms with Gasteiger partial charge in [0.15, 0.2) is 6.04 Å². The van der Waals surface area contributed by atoms with Crippen LogP contribution in [0.25, 0.3) is 0 Å². The van der Waals surface area contributed by atoms with Crippen LogP contribution in [0.15, 0.2) is 48.5 Å². The summed E-state index contributed by atoms with van der Waals surface area (Å²) in [5, 5.41) is 32.2. The Kier molecular flexibility index (Phi) is 5.94. The average Bonchev–Trinajstić information content (AvgIpc) is 3.51. The zero-order chi connectivity index (χ0) is 29.3. The van der Waals surface area contributed by atoms with Gasteiger partial charge in [0, 0.05) is 11.3 Å². The van der Waals surface area contributed by atoms with E-state index in [2.05, 4.69) is 20.9 Å². The zero-order valence-corrected chi connectivity index (χ0v) is 22.6. The number of anilines is 1. The number of aliphatic hydroxyl groups is 2. The number of carbonyl (C=O) groups excluding carboxylic acids is 3. The minimum atomic E-state index is -2.60. The largest absolute Gasteiger partial charge is 0.358 e. The Labute approximate surface area is 235 Å². The van der Waals surface area contributed by atoms with Crippen molar-refractivity contribution in [3.63, 3.8) is 0 Å². The molecule has 0 radical (unpaired) electrons. The number of nitrogens with one attached hydrogen (secondary N) is 4. The fourth-order valence-corrected chi connectivity index (χ4v) is 6.35. The highest BCUT2D eigenvalue weighted by atomic mass is 16.5. The molecule has 214 valence electrons. The molecule has 2 aromatic carbocycles. The Morgan fingerprint density at radius 2 is 1.88 bits per heavy atom. The van der Waals surface area contributed by atoms with Gasteiger partial charge in [-0.3, -0.25) is 41.2 Å². The van der Waals surface area contributed by atoms with Crippen LogP contribution in [-0.4, -0.2) is 98.7 Å². The number of urea groups is 1. The third-order valence-electron chi connectivity index (χ3n) is 8.61. The summed E-state index contributed by atoms with van der Waals surface area (Å²) in [6.45, 7) is 3.36. The Hall–Kier alpha value is -4.69. The number of nitrogens with two attached hydrogens (primary N) is 2. The monoisotopic (exact) mass is 563 g/mol. The summed E-state index contributed by atoms with van der Waals surface area (Å²) in [5.74, 6) is -3.38. The van der Waals surface area contributed by atoms with E-state index in [0.29, 0.717) is 11.3 Å². The second-order valence-corrected chi connectivity index (χ2v) is 10.9. The van der Waals surface area contributed by atoms with Gasteiger partial charge in [-0.1, -0.05) is 30.3 Å². The molecule has 1 unspecified atom stereocenters. The van der Waals surface area contributed by atoms with Gasteiger partial charge in [0.05, 0.1) is 13.1 Å². The van der Waals surface area contributed by atoms with Crippen molar-refractivity contribution < 1.29 is 34.2 Å². The number of benzene rings is 2. The van der Waals surface area contributed by atoms with Crippen LogP contribution < -0.4 is 37.3 Å². The molecule has 0 aromatic heterocycles. The fourth-order valence-electron chi connectivity index (χ4n) is 6.35. The Morgan fingerprint density at radius 3 is 2.61 bits per heavy atom. The summed E-state index contributed by atoms with van der Waals surface area (Å²) >= 11 is 0. The molecule has 0 aliphatic carbocycles. The molecule has 4 aliphatic heterocycles. The molecular weight excluding hydrogens is 530 g/mol. The summed E-state index contributed by atoms with van der Waals surface area (Å²) in [5.41, 5.74) is 13.5. The minimum absolute atomic E-state index is 0.0421. The Balaban J connectivity index is 1.29. The molecule has 2 fully saturated rings. The second kappa shape index (κ2) is 9.17. The maximum Gasteiger partial charge on any atom is 0.347 e. The molecule has 14 nitrogen and oxygen atoms in total. The predicted molar refractivity (Wildman–Crippen MR) is 146 cm³/mol. The van der Waals surface area contributed by atoms with E-state index in [-0.39, 0.29) is 31.6 Å². The number of nitrogens with zero attached hydrogens (tertiary/aromatic N) is 3. The van der Waals surface area contributed by atoms with E-state index in [1.807, 2.05) is 26.0 Å². The standard InChI is InChI=1S/C27H31N9O5/c1-14-7-6-10-17(15(14)2)22(38)31-19-12-36-24(29)30-18(21-26(36,27(19,40)41)33-23(28)32-21)11-35-20(37)13-34(25(35)39)16-8-4-3-5-9-16/h3-10,18-19,21,40-41H,11-13H2,1-2H3,(H6,28,29,30,31,32,33,38)/p+2/t18-,19?,21-,26-/m0/s1. The number of rotatable bonds is 5. The number of aryl methyl sites for hydroxylation is 1.